The SMILES string of the molecule is Cc1ccc(-c2csc(NC(=O)c3ccccc3O)c2C(=O)O)c(F)c1. The van der Waals surface area contributed by atoms with E-state index in [2.05, 4.69) is 5.32 Å². The average Bonchev–Trinajstić information content (AvgIpc) is 2.98. The Labute approximate surface area is 152 Å². The van der Waals surface area contributed by atoms with Crippen molar-refractivity contribution in [2.24, 2.45) is 0 Å². The van der Waals surface area contributed by atoms with E-state index in [1.54, 1.807) is 25.1 Å². The van der Waals surface area contributed by atoms with Crippen LogP contribution in [0.25, 0.3) is 11.1 Å². The number of hydrogen-bond donors (Lipinski definition) is 3. The van der Waals surface area contributed by atoms with Gasteiger partial charge in [-0.25, -0.2) is 9.18 Å². The van der Waals surface area contributed by atoms with Crippen molar-refractivity contribution in [1.29, 1.82) is 0 Å². The molecule has 3 aromatic rings. The first kappa shape index (κ1) is 17.6. The Morgan fingerprint density at radius 2 is 1.85 bits per heavy atom. The Bertz CT molecular complexity index is 1010. The number of carboxylic acids is 1. The number of carboxylic acid groups (broad SMARTS) is 1. The number of para-hydroxylation sites is 1. The molecule has 0 aliphatic rings. The monoisotopic (exact) mass is 371 g/mol. The second-order valence-electron chi connectivity index (χ2n) is 5.61. The molecule has 0 atom stereocenters. The van der Waals surface area contributed by atoms with E-state index in [-0.39, 0.29) is 33.0 Å². The van der Waals surface area contributed by atoms with Crippen LogP contribution in [0.5, 0.6) is 5.75 Å². The highest BCUT2D eigenvalue weighted by Crippen LogP contribution is 2.37. The van der Waals surface area contributed by atoms with Gasteiger partial charge in [-0.2, -0.15) is 0 Å². The lowest BCUT2D eigenvalue weighted by Crippen LogP contribution is -2.13. The highest BCUT2D eigenvalue weighted by Gasteiger charge is 2.23. The standard InChI is InChI=1S/C19H14FNO4S/c1-10-6-7-11(14(20)8-10)13-9-26-18(16(13)19(24)25)21-17(23)12-4-2-3-5-15(12)22/h2-9,22H,1H3,(H,21,23)(H,24,25). The van der Waals surface area contributed by atoms with E-state index >= 15 is 0 Å². The summed E-state index contributed by atoms with van der Waals surface area (Å²) in [5.41, 5.74) is 0.869. The number of amides is 1. The number of thiophene rings is 1. The van der Waals surface area contributed by atoms with Crippen molar-refractivity contribution in [3.63, 3.8) is 0 Å². The molecule has 0 saturated carbocycles. The molecule has 7 heteroatoms. The minimum atomic E-state index is -1.28. The van der Waals surface area contributed by atoms with Gasteiger partial charge in [0.1, 0.15) is 22.1 Å². The van der Waals surface area contributed by atoms with Crippen molar-refractivity contribution < 1.29 is 24.2 Å². The summed E-state index contributed by atoms with van der Waals surface area (Å²) in [6.45, 7) is 1.73. The number of phenols is 1. The Morgan fingerprint density at radius 3 is 2.50 bits per heavy atom. The number of carbonyl (C=O) groups is 2. The Hall–Kier alpha value is -3.19. The van der Waals surface area contributed by atoms with Crippen LogP contribution in [0.1, 0.15) is 26.3 Å². The quantitative estimate of drug-likeness (QED) is 0.629. The molecule has 0 fully saturated rings. The maximum absolute atomic E-state index is 14.3. The normalized spacial score (nSPS) is 10.5. The van der Waals surface area contributed by atoms with Gasteiger partial charge in [0.25, 0.3) is 5.91 Å². The second-order valence-corrected chi connectivity index (χ2v) is 6.49. The van der Waals surface area contributed by atoms with Gasteiger partial charge in [0.15, 0.2) is 0 Å². The van der Waals surface area contributed by atoms with E-state index in [1.165, 1.54) is 29.6 Å². The summed E-state index contributed by atoms with van der Waals surface area (Å²) in [6, 6.07) is 10.4. The number of aromatic carboxylic acids is 1. The van der Waals surface area contributed by atoms with E-state index in [1.807, 2.05) is 0 Å². The maximum atomic E-state index is 14.3. The first-order valence-corrected chi connectivity index (χ1v) is 8.47. The van der Waals surface area contributed by atoms with Gasteiger partial charge < -0.3 is 15.5 Å². The summed E-state index contributed by atoms with van der Waals surface area (Å²) in [7, 11) is 0. The number of benzene rings is 2. The number of phenolic OH excluding ortho intramolecular Hbond substituents is 1. The van der Waals surface area contributed by atoms with Crippen LogP contribution in [0.2, 0.25) is 0 Å². The van der Waals surface area contributed by atoms with E-state index in [9.17, 15) is 24.2 Å². The molecule has 5 nitrogen and oxygen atoms in total. The molecule has 0 spiro atoms. The maximum Gasteiger partial charge on any atom is 0.339 e. The van der Waals surface area contributed by atoms with Crippen molar-refractivity contribution in [3.8, 4) is 16.9 Å². The van der Waals surface area contributed by atoms with E-state index in [0.29, 0.717) is 5.56 Å². The lowest BCUT2D eigenvalue weighted by molar-refractivity contribution is 0.0699. The molecule has 0 radical (unpaired) electrons. The largest absolute Gasteiger partial charge is 0.507 e. The van der Waals surface area contributed by atoms with Crippen LogP contribution in [-0.4, -0.2) is 22.1 Å². The predicted octanol–water partition coefficient (Wildman–Crippen LogP) is 4.52. The van der Waals surface area contributed by atoms with Crippen LogP contribution in [0.15, 0.2) is 47.8 Å². The van der Waals surface area contributed by atoms with Crippen LogP contribution in [-0.2, 0) is 0 Å². The fourth-order valence-electron chi connectivity index (χ4n) is 2.54. The van der Waals surface area contributed by atoms with Crippen LogP contribution in [0, 0.1) is 12.7 Å². The fourth-order valence-corrected chi connectivity index (χ4v) is 3.48. The third-order valence-electron chi connectivity index (χ3n) is 3.80. The minimum absolute atomic E-state index is 0.0142. The summed E-state index contributed by atoms with van der Waals surface area (Å²) >= 11 is 0.980. The van der Waals surface area contributed by atoms with Crippen LogP contribution < -0.4 is 5.32 Å². The number of hydrogen-bond acceptors (Lipinski definition) is 4. The smallest absolute Gasteiger partial charge is 0.339 e. The lowest BCUT2D eigenvalue weighted by atomic mass is 10.0. The molecule has 3 rings (SSSR count). The van der Waals surface area contributed by atoms with E-state index < -0.39 is 17.7 Å². The summed E-state index contributed by atoms with van der Waals surface area (Å²) in [4.78, 5) is 24.1. The highest BCUT2D eigenvalue weighted by atomic mass is 32.1. The number of anilines is 1. The fraction of sp³-hybridized carbons (Fsp3) is 0.0526. The molecule has 0 aliphatic carbocycles. The summed E-state index contributed by atoms with van der Waals surface area (Å²) in [5.74, 6) is -2.69. The zero-order chi connectivity index (χ0) is 18.8. The molecule has 132 valence electrons. The minimum Gasteiger partial charge on any atom is -0.507 e. The number of carbonyl (C=O) groups excluding carboxylic acids is 1. The number of rotatable bonds is 4. The van der Waals surface area contributed by atoms with Crippen molar-refractivity contribution in [2.45, 2.75) is 6.92 Å². The van der Waals surface area contributed by atoms with Crippen LogP contribution in [0.4, 0.5) is 9.39 Å². The molecule has 0 saturated heterocycles. The Kier molecular flexibility index (Phi) is 4.73. The molecule has 2 aromatic carbocycles. The summed E-state index contributed by atoms with van der Waals surface area (Å²) in [5, 5.41) is 23.4. The van der Waals surface area contributed by atoms with Gasteiger partial charge in [0.05, 0.1) is 5.56 Å². The van der Waals surface area contributed by atoms with Crippen molar-refractivity contribution in [2.75, 3.05) is 5.32 Å². The first-order valence-electron chi connectivity index (χ1n) is 7.59. The molecule has 3 N–H and O–H groups in total. The molecule has 26 heavy (non-hydrogen) atoms. The first-order chi connectivity index (χ1) is 12.4. The molecule has 0 aliphatic heterocycles. The third kappa shape index (κ3) is 3.29. The predicted molar refractivity (Wildman–Crippen MR) is 97.5 cm³/mol. The van der Waals surface area contributed by atoms with Gasteiger partial charge in [-0.1, -0.05) is 24.3 Å². The molecular formula is C19H14FNO4S. The van der Waals surface area contributed by atoms with Gasteiger partial charge in [-0.15, -0.1) is 11.3 Å². The van der Waals surface area contributed by atoms with Gasteiger partial charge in [-0.3, -0.25) is 4.79 Å². The van der Waals surface area contributed by atoms with Crippen molar-refractivity contribution in [3.05, 3.63) is 70.4 Å². The van der Waals surface area contributed by atoms with E-state index in [4.69, 9.17) is 0 Å². The summed E-state index contributed by atoms with van der Waals surface area (Å²) in [6.07, 6.45) is 0. The zero-order valence-corrected chi connectivity index (χ0v) is 14.4. The van der Waals surface area contributed by atoms with Crippen LogP contribution >= 0.6 is 11.3 Å². The molecule has 1 amide bonds. The molecule has 1 aromatic heterocycles. The van der Waals surface area contributed by atoms with Gasteiger partial charge in [-0.05, 0) is 30.7 Å². The van der Waals surface area contributed by atoms with Crippen LogP contribution in [0.3, 0.4) is 0 Å². The van der Waals surface area contributed by atoms with E-state index in [0.717, 1.165) is 11.3 Å². The van der Waals surface area contributed by atoms with Gasteiger partial charge in [0.2, 0.25) is 0 Å². The van der Waals surface area contributed by atoms with Crippen molar-refractivity contribution >= 4 is 28.2 Å². The molecule has 1 heterocycles. The number of halogens is 1. The molecule has 0 bridgehead atoms. The Balaban J connectivity index is 2.02. The number of aryl methyl sites for hydroxylation is 1. The molecular weight excluding hydrogens is 357 g/mol. The van der Waals surface area contributed by atoms with Crippen molar-refractivity contribution in [1.82, 2.24) is 0 Å². The number of nitrogens with one attached hydrogen (secondary N) is 1. The highest BCUT2D eigenvalue weighted by molar-refractivity contribution is 7.15. The van der Waals surface area contributed by atoms with Gasteiger partial charge >= 0.3 is 5.97 Å². The summed E-state index contributed by atoms with van der Waals surface area (Å²) < 4.78 is 14.3. The second kappa shape index (κ2) is 6.97. The topological polar surface area (TPSA) is 86.6 Å². The Morgan fingerprint density at radius 1 is 1.12 bits per heavy atom. The number of aromatic hydroxyl groups is 1. The average molecular weight is 371 g/mol. The molecule has 0 unspecified atom stereocenters. The lowest BCUT2D eigenvalue weighted by Gasteiger charge is -2.08. The zero-order valence-electron chi connectivity index (χ0n) is 13.6. The third-order valence-corrected chi connectivity index (χ3v) is 4.69. The van der Waals surface area contributed by atoms with Gasteiger partial charge in [0, 0.05) is 16.5 Å².